The molecule has 6 nitrogen and oxygen atoms in total. The summed E-state index contributed by atoms with van der Waals surface area (Å²) in [5.74, 6) is -1.07. The number of ether oxygens (including phenoxy) is 1. The van der Waals surface area contributed by atoms with E-state index in [2.05, 4.69) is 10.3 Å². The number of carboxylic acids is 1. The second-order valence-electron chi connectivity index (χ2n) is 3.62. The lowest BCUT2D eigenvalue weighted by molar-refractivity contribution is -0.0410. The quantitative estimate of drug-likeness (QED) is 0.690. The van der Waals surface area contributed by atoms with Crippen molar-refractivity contribution in [2.24, 2.45) is 0 Å². The maximum atomic E-state index is 10.7. The summed E-state index contributed by atoms with van der Waals surface area (Å²) in [6.07, 6.45) is 2.55. The first kappa shape index (κ1) is 10.7. The minimum Gasteiger partial charge on any atom is -0.477 e. The number of carboxylic acid groups (broad SMARTS) is 1. The Labute approximate surface area is 92.4 Å². The molecule has 2 heterocycles. The van der Waals surface area contributed by atoms with E-state index in [4.69, 9.17) is 15.6 Å². The van der Waals surface area contributed by atoms with Crippen molar-refractivity contribution in [1.29, 1.82) is 0 Å². The maximum absolute atomic E-state index is 10.7. The molecule has 1 atom stereocenters. The molecule has 1 aliphatic rings. The highest BCUT2D eigenvalue weighted by molar-refractivity contribution is 5.87. The fourth-order valence-corrected chi connectivity index (χ4v) is 1.41. The van der Waals surface area contributed by atoms with Gasteiger partial charge in [-0.15, -0.1) is 0 Å². The number of anilines is 2. The number of hydrogen-bond donors (Lipinski definition) is 3. The van der Waals surface area contributed by atoms with E-state index in [0.717, 1.165) is 13.0 Å². The molecule has 0 aromatic carbocycles. The molecule has 16 heavy (non-hydrogen) atoms. The van der Waals surface area contributed by atoms with Crippen LogP contribution in [0.25, 0.3) is 0 Å². The molecule has 0 spiro atoms. The summed E-state index contributed by atoms with van der Waals surface area (Å²) in [6.45, 7) is 1.42. The van der Waals surface area contributed by atoms with Gasteiger partial charge in [-0.1, -0.05) is 0 Å². The Morgan fingerprint density at radius 3 is 3.06 bits per heavy atom. The number of nitrogens with two attached hydrogens (primary N) is 1. The Morgan fingerprint density at radius 1 is 1.75 bits per heavy atom. The largest absolute Gasteiger partial charge is 0.477 e. The fraction of sp³-hybridized carbons (Fsp3) is 0.400. The summed E-state index contributed by atoms with van der Waals surface area (Å²) in [6, 6.07) is 1.43. The van der Waals surface area contributed by atoms with Gasteiger partial charge in [0.25, 0.3) is 0 Å². The summed E-state index contributed by atoms with van der Waals surface area (Å²) < 4.78 is 5.23. The minimum absolute atomic E-state index is 0.0220. The molecule has 1 aromatic heterocycles. The van der Waals surface area contributed by atoms with E-state index < -0.39 is 5.97 Å². The molecule has 1 saturated heterocycles. The molecule has 0 bridgehead atoms. The highest BCUT2D eigenvalue weighted by Crippen LogP contribution is 2.19. The van der Waals surface area contributed by atoms with Crippen LogP contribution in [0, 0.1) is 0 Å². The van der Waals surface area contributed by atoms with E-state index >= 15 is 0 Å². The number of rotatable bonds is 4. The van der Waals surface area contributed by atoms with E-state index in [1.165, 1.54) is 12.3 Å². The third kappa shape index (κ3) is 2.22. The van der Waals surface area contributed by atoms with Crippen molar-refractivity contribution in [2.75, 3.05) is 24.2 Å². The monoisotopic (exact) mass is 223 g/mol. The lowest BCUT2D eigenvalue weighted by Crippen LogP contribution is -2.33. The molecule has 4 N–H and O–H groups in total. The van der Waals surface area contributed by atoms with Crippen LogP contribution in [0.15, 0.2) is 12.3 Å². The van der Waals surface area contributed by atoms with Crippen LogP contribution >= 0.6 is 0 Å². The first-order valence-corrected chi connectivity index (χ1v) is 5.01. The number of nitrogens with zero attached hydrogens (tertiary/aromatic N) is 1. The molecule has 86 valence electrons. The molecule has 1 aromatic rings. The van der Waals surface area contributed by atoms with Gasteiger partial charge in [0.2, 0.25) is 0 Å². The first-order chi connectivity index (χ1) is 7.66. The van der Waals surface area contributed by atoms with Crippen molar-refractivity contribution in [3.8, 4) is 0 Å². The number of nitrogens with one attached hydrogen (secondary N) is 1. The van der Waals surface area contributed by atoms with Gasteiger partial charge in [0.05, 0.1) is 23.7 Å². The highest BCUT2D eigenvalue weighted by atomic mass is 16.5. The van der Waals surface area contributed by atoms with E-state index in [1.807, 2.05) is 0 Å². The second kappa shape index (κ2) is 4.36. The fourth-order valence-electron chi connectivity index (χ4n) is 1.41. The summed E-state index contributed by atoms with van der Waals surface area (Å²) in [5.41, 5.74) is 6.68. The predicted octanol–water partition coefficient (Wildman–Crippen LogP) is 0.563. The summed E-state index contributed by atoms with van der Waals surface area (Å²) in [7, 11) is 0. The molecule has 6 heteroatoms. The van der Waals surface area contributed by atoms with Gasteiger partial charge in [-0.3, -0.25) is 0 Å². The summed E-state index contributed by atoms with van der Waals surface area (Å²) in [5, 5.41) is 11.8. The molecule has 0 unspecified atom stereocenters. The van der Waals surface area contributed by atoms with Gasteiger partial charge in [0.1, 0.15) is 5.69 Å². The van der Waals surface area contributed by atoms with Crippen molar-refractivity contribution in [3.05, 3.63) is 18.0 Å². The Balaban J connectivity index is 2.05. The lowest BCUT2D eigenvalue weighted by atomic mass is 10.2. The Morgan fingerprint density at radius 2 is 2.50 bits per heavy atom. The van der Waals surface area contributed by atoms with Gasteiger partial charge in [-0.2, -0.15) is 0 Å². The number of aromatic nitrogens is 1. The van der Waals surface area contributed by atoms with Crippen molar-refractivity contribution in [1.82, 2.24) is 4.98 Å². The molecule has 2 rings (SSSR count). The normalized spacial score (nSPS) is 18.9. The van der Waals surface area contributed by atoms with E-state index in [1.54, 1.807) is 0 Å². The molecule has 0 aliphatic carbocycles. The van der Waals surface area contributed by atoms with Crippen LogP contribution in [0.1, 0.15) is 16.9 Å². The average molecular weight is 223 g/mol. The van der Waals surface area contributed by atoms with Gasteiger partial charge in [0, 0.05) is 13.2 Å². The van der Waals surface area contributed by atoms with Gasteiger partial charge in [0.15, 0.2) is 0 Å². The molecular formula is C10H13N3O3. The molecule has 0 saturated carbocycles. The molecule has 1 fully saturated rings. The van der Waals surface area contributed by atoms with Crippen LogP contribution in [0.5, 0.6) is 0 Å². The van der Waals surface area contributed by atoms with Crippen LogP contribution < -0.4 is 11.1 Å². The standard InChI is InChI=1S/C10H13N3O3/c11-7-5-13-9(10(14)15)3-8(7)12-4-6-1-2-16-6/h3,5-6H,1-2,4,11H2,(H,12,13)(H,14,15)/t6-/m0/s1. The summed E-state index contributed by atoms with van der Waals surface area (Å²) in [4.78, 5) is 14.4. The number of aromatic carboxylic acids is 1. The Bertz CT molecular complexity index is 404. The molecule has 1 aliphatic heterocycles. The van der Waals surface area contributed by atoms with Crippen molar-refractivity contribution in [3.63, 3.8) is 0 Å². The van der Waals surface area contributed by atoms with Gasteiger partial charge >= 0.3 is 5.97 Å². The van der Waals surface area contributed by atoms with Crippen molar-refractivity contribution in [2.45, 2.75) is 12.5 Å². The second-order valence-corrected chi connectivity index (χ2v) is 3.62. The number of pyridine rings is 1. The smallest absolute Gasteiger partial charge is 0.354 e. The van der Waals surface area contributed by atoms with Crippen molar-refractivity contribution < 1.29 is 14.6 Å². The zero-order chi connectivity index (χ0) is 11.5. The SMILES string of the molecule is Nc1cnc(C(=O)O)cc1NC[C@@H]1CCO1. The predicted molar refractivity (Wildman–Crippen MR) is 58.5 cm³/mol. The van der Waals surface area contributed by atoms with Crippen LogP contribution in [0.2, 0.25) is 0 Å². The highest BCUT2D eigenvalue weighted by Gasteiger charge is 2.18. The zero-order valence-electron chi connectivity index (χ0n) is 8.64. The maximum Gasteiger partial charge on any atom is 0.354 e. The van der Waals surface area contributed by atoms with E-state index in [9.17, 15) is 4.79 Å². The molecular weight excluding hydrogens is 210 g/mol. The minimum atomic E-state index is -1.07. The van der Waals surface area contributed by atoms with Crippen LogP contribution in [-0.2, 0) is 4.74 Å². The first-order valence-electron chi connectivity index (χ1n) is 5.01. The number of carbonyl (C=O) groups is 1. The van der Waals surface area contributed by atoms with Crippen LogP contribution in [0.3, 0.4) is 0 Å². The molecule has 0 amide bonds. The van der Waals surface area contributed by atoms with E-state index in [-0.39, 0.29) is 11.8 Å². The molecule has 0 radical (unpaired) electrons. The van der Waals surface area contributed by atoms with Crippen molar-refractivity contribution >= 4 is 17.3 Å². The average Bonchev–Trinajstić information content (AvgIpc) is 2.18. The third-order valence-corrected chi connectivity index (χ3v) is 2.47. The number of nitrogen functional groups attached to an aromatic ring is 1. The van der Waals surface area contributed by atoms with Gasteiger partial charge < -0.3 is 20.9 Å². The Kier molecular flexibility index (Phi) is 2.91. The summed E-state index contributed by atoms with van der Waals surface area (Å²) >= 11 is 0. The topological polar surface area (TPSA) is 97.5 Å². The van der Waals surface area contributed by atoms with Crippen LogP contribution in [0.4, 0.5) is 11.4 Å². The number of hydrogen-bond acceptors (Lipinski definition) is 5. The van der Waals surface area contributed by atoms with Gasteiger partial charge in [-0.25, -0.2) is 9.78 Å². The van der Waals surface area contributed by atoms with Crippen LogP contribution in [-0.4, -0.2) is 35.3 Å². The zero-order valence-corrected chi connectivity index (χ0v) is 8.64. The third-order valence-electron chi connectivity index (χ3n) is 2.47. The van der Waals surface area contributed by atoms with Gasteiger partial charge in [-0.05, 0) is 12.5 Å². The lowest BCUT2D eigenvalue weighted by Gasteiger charge is -2.27. The van der Waals surface area contributed by atoms with E-state index in [0.29, 0.717) is 17.9 Å². The Hall–Kier alpha value is -1.82.